The van der Waals surface area contributed by atoms with Gasteiger partial charge in [-0.05, 0) is 49.4 Å². The Hall–Kier alpha value is -3.43. The van der Waals surface area contributed by atoms with Crippen molar-refractivity contribution in [2.24, 2.45) is 0 Å². The van der Waals surface area contributed by atoms with E-state index in [9.17, 15) is 22.4 Å². The number of nitrogens with one attached hydrogen (secondary N) is 1. The van der Waals surface area contributed by atoms with Crippen LogP contribution < -0.4 is 9.62 Å². The Bertz CT molecular complexity index is 1290. The van der Waals surface area contributed by atoms with Crippen LogP contribution in [0.4, 0.5) is 10.1 Å². The molecule has 0 aliphatic heterocycles. The fourth-order valence-electron chi connectivity index (χ4n) is 3.46. The number of carbonyl (C=O) groups excluding carboxylic acids is 2. The Morgan fingerprint density at radius 2 is 1.57 bits per heavy atom. The zero-order chi connectivity index (χ0) is 25.6. The third kappa shape index (κ3) is 6.17. The normalized spacial score (nSPS) is 12.0. The van der Waals surface area contributed by atoms with E-state index in [4.69, 9.17) is 11.6 Å². The van der Waals surface area contributed by atoms with Crippen LogP contribution in [0.25, 0.3) is 0 Å². The van der Waals surface area contributed by atoms with E-state index in [1.54, 1.807) is 36.4 Å². The highest BCUT2D eigenvalue weighted by Gasteiger charge is 2.32. The Kier molecular flexibility index (Phi) is 8.48. The molecule has 0 aliphatic carbocycles. The van der Waals surface area contributed by atoms with Gasteiger partial charge in [-0.2, -0.15) is 0 Å². The third-order valence-corrected chi connectivity index (χ3v) is 7.48. The monoisotopic (exact) mass is 517 g/mol. The van der Waals surface area contributed by atoms with Crippen molar-refractivity contribution in [3.8, 4) is 0 Å². The van der Waals surface area contributed by atoms with Gasteiger partial charge in [0.2, 0.25) is 11.8 Å². The Labute approximate surface area is 209 Å². The van der Waals surface area contributed by atoms with E-state index in [2.05, 4.69) is 5.32 Å². The van der Waals surface area contributed by atoms with Gasteiger partial charge in [-0.15, -0.1) is 0 Å². The molecule has 1 atom stereocenters. The van der Waals surface area contributed by atoms with Crippen LogP contribution in [0.1, 0.15) is 12.5 Å². The number of halogens is 2. The first-order chi connectivity index (χ1) is 16.6. The van der Waals surface area contributed by atoms with E-state index in [0.717, 1.165) is 9.21 Å². The summed E-state index contributed by atoms with van der Waals surface area (Å²) in [7, 11) is -2.76. The van der Waals surface area contributed by atoms with Gasteiger partial charge in [0.05, 0.1) is 10.6 Å². The second-order valence-electron chi connectivity index (χ2n) is 7.70. The van der Waals surface area contributed by atoms with Gasteiger partial charge in [0, 0.05) is 24.2 Å². The van der Waals surface area contributed by atoms with E-state index >= 15 is 0 Å². The SMILES string of the molecule is CNC(=O)[C@@H](C)N(Cc1ccccc1F)C(=O)CN(c1ccccc1)S(=O)(=O)c1ccc(Cl)cc1. The molecule has 184 valence electrons. The van der Waals surface area contributed by atoms with Crippen molar-refractivity contribution in [3.63, 3.8) is 0 Å². The number of anilines is 1. The molecule has 3 aromatic carbocycles. The van der Waals surface area contributed by atoms with E-state index in [1.807, 2.05) is 0 Å². The molecular formula is C25H25ClFN3O4S. The van der Waals surface area contributed by atoms with E-state index in [0.29, 0.717) is 5.02 Å². The van der Waals surface area contributed by atoms with Gasteiger partial charge in [0.25, 0.3) is 10.0 Å². The van der Waals surface area contributed by atoms with Crippen molar-refractivity contribution in [3.05, 3.63) is 95.3 Å². The van der Waals surface area contributed by atoms with Gasteiger partial charge in [-0.1, -0.05) is 48.0 Å². The van der Waals surface area contributed by atoms with Gasteiger partial charge in [-0.3, -0.25) is 13.9 Å². The molecule has 2 amide bonds. The number of sulfonamides is 1. The van der Waals surface area contributed by atoms with Crippen molar-refractivity contribution in [2.75, 3.05) is 17.9 Å². The van der Waals surface area contributed by atoms with Crippen LogP contribution in [0.2, 0.25) is 5.02 Å². The number of amides is 2. The number of hydrogen-bond donors (Lipinski definition) is 1. The molecule has 0 aromatic heterocycles. The minimum Gasteiger partial charge on any atom is -0.357 e. The molecule has 3 rings (SSSR count). The smallest absolute Gasteiger partial charge is 0.264 e. The first-order valence-corrected chi connectivity index (χ1v) is 12.5. The first kappa shape index (κ1) is 26.2. The molecule has 0 fully saturated rings. The lowest BCUT2D eigenvalue weighted by atomic mass is 10.1. The average Bonchev–Trinajstić information content (AvgIpc) is 2.86. The van der Waals surface area contributed by atoms with Gasteiger partial charge in [0.1, 0.15) is 18.4 Å². The van der Waals surface area contributed by atoms with Gasteiger partial charge in [0.15, 0.2) is 0 Å². The summed E-state index contributed by atoms with van der Waals surface area (Å²) in [6.45, 7) is 0.673. The third-order valence-electron chi connectivity index (χ3n) is 5.44. The van der Waals surface area contributed by atoms with Crippen molar-refractivity contribution >= 4 is 39.1 Å². The summed E-state index contributed by atoms with van der Waals surface area (Å²) < 4.78 is 42.4. The molecule has 35 heavy (non-hydrogen) atoms. The fourth-order valence-corrected chi connectivity index (χ4v) is 5.00. The molecule has 0 heterocycles. The van der Waals surface area contributed by atoms with Crippen LogP contribution in [0.5, 0.6) is 0 Å². The summed E-state index contributed by atoms with van der Waals surface area (Å²) in [6.07, 6.45) is 0. The summed E-state index contributed by atoms with van der Waals surface area (Å²) in [4.78, 5) is 27.0. The lowest BCUT2D eigenvalue weighted by Gasteiger charge is -2.31. The maximum Gasteiger partial charge on any atom is 0.264 e. The van der Waals surface area contributed by atoms with Crippen LogP contribution in [0, 0.1) is 5.82 Å². The lowest BCUT2D eigenvalue weighted by Crippen LogP contribution is -2.50. The Morgan fingerprint density at radius 1 is 0.971 bits per heavy atom. The molecule has 3 aromatic rings. The van der Waals surface area contributed by atoms with Crippen LogP contribution >= 0.6 is 11.6 Å². The van der Waals surface area contributed by atoms with Crippen molar-refractivity contribution in [1.29, 1.82) is 0 Å². The number of likely N-dealkylation sites (N-methyl/N-ethyl adjacent to an activating group) is 1. The number of hydrogen-bond acceptors (Lipinski definition) is 4. The Balaban J connectivity index is 2.01. The van der Waals surface area contributed by atoms with E-state index < -0.39 is 40.2 Å². The van der Waals surface area contributed by atoms with Crippen LogP contribution in [0.3, 0.4) is 0 Å². The predicted molar refractivity (Wildman–Crippen MR) is 133 cm³/mol. The number of carbonyl (C=O) groups is 2. The molecule has 10 heteroatoms. The molecule has 0 saturated carbocycles. The number of para-hydroxylation sites is 1. The van der Waals surface area contributed by atoms with Crippen molar-refractivity contribution < 1.29 is 22.4 Å². The topological polar surface area (TPSA) is 86.8 Å². The minimum atomic E-state index is -4.18. The standard InChI is InChI=1S/C25H25ClFN3O4S/c1-18(25(32)28-2)29(16-19-8-6-7-11-23(19)27)24(31)17-30(21-9-4-3-5-10-21)35(33,34)22-14-12-20(26)13-15-22/h3-15,18H,16-17H2,1-2H3,(H,28,32)/t18-/m1/s1. The number of nitrogens with zero attached hydrogens (tertiary/aromatic N) is 2. The summed E-state index contributed by atoms with van der Waals surface area (Å²) in [6, 6.07) is 18.6. The van der Waals surface area contributed by atoms with Gasteiger partial charge >= 0.3 is 0 Å². The Morgan fingerprint density at radius 3 is 2.17 bits per heavy atom. The summed E-state index contributed by atoms with van der Waals surface area (Å²) in [5.74, 6) is -1.68. The maximum absolute atomic E-state index is 14.4. The van der Waals surface area contributed by atoms with Crippen molar-refractivity contribution in [1.82, 2.24) is 10.2 Å². The zero-order valence-electron chi connectivity index (χ0n) is 19.2. The van der Waals surface area contributed by atoms with Gasteiger partial charge in [-0.25, -0.2) is 12.8 Å². The second kappa shape index (κ2) is 11.3. The number of rotatable bonds is 9. The highest BCUT2D eigenvalue weighted by atomic mass is 35.5. The molecule has 0 spiro atoms. The largest absolute Gasteiger partial charge is 0.357 e. The lowest BCUT2D eigenvalue weighted by molar-refractivity contribution is -0.139. The molecule has 0 radical (unpaired) electrons. The molecule has 0 aliphatic rings. The van der Waals surface area contributed by atoms with E-state index in [1.165, 1.54) is 56.4 Å². The predicted octanol–water partition coefficient (Wildman–Crippen LogP) is 3.84. The molecule has 0 unspecified atom stereocenters. The quantitative estimate of drug-likeness (QED) is 0.467. The second-order valence-corrected chi connectivity index (χ2v) is 10.0. The zero-order valence-corrected chi connectivity index (χ0v) is 20.8. The van der Waals surface area contributed by atoms with Crippen LogP contribution in [-0.2, 0) is 26.2 Å². The summed E-state index contributed by atoms with van der Waals surface area (Å²) >= 11 is 5.91. The summed E-state index contributed by atoms with van der Waals surface area (Å²) in [5.41, 5.74) is 0.456. The van der Waals surface area contributed by atoms with E-state index in [-0.39, 0.29) is 22.7 Å². The van der Waals surface area contributed by atoms with Crippen LogP contribution in [-0.4, -0.2) is 44.8 Å². The fraction of sp³-hybridized carbons (Fsp3) is 0.200. The van der Waals surface area contributed by atoms with Crippen LogP contribution in [0.15, 0.2) is 83.8 Å². The first-order valence-electron chi connectivity index (χ1n) is 10.7. The van der Waals surface area contributed by atoms with Gasteiger partial charge < -0.3 is 10.2 Å². The molecule has 7 nitrogen and oxygen atoms in total. The molecule has 0 saturated heterocycles. The highest BCUT2D eigenvalue weighted by Crippen LogP contribution is 2.25. The maximum atomic E-state index is 14.4. The minimum absolute atomic E-state index is 0.0569. The number of benzene rings is 3. The summed E-state index contributed by atoms with van der Waals surface area (Å²) in [5, 5.41) is 2.84. The van der Waals surface area contributed by atoms with Crippen molar-refractivity contribution in [2.45, 2.75) is 24.4 Å². The highest BCUT2D eigenvalue weighted by molar-refractivity contribution is 7.92. The average molecular weight is 518 g/mol. The molecule has 1 N–H and O–H groups in total. The molecule has 0 bridgehead atoms. The molecular weight excluding hydrogens is 493 g/mol.